The molecular weight excluding hydrogens is 276 g/mol. The maximum atomic E-state index is 11.9. The highest BCUT2D eigenvalue weighted by atomic mass is 16.5. The highest BCUT2D eigenvalue weighted by Crippen LogP contribution is 2.11. The number of hydrogen-bond acceptors (Lipinski definition) is 5. The number of anilines is 1. The first-order chi connectivity index (χ1) is 9.99. The van der Waals surface area contributed by atoms with Crippen LogP contribution >= 0.6 is 0 Å². The van der Waals surface area contributed by atoms with Crippen LogP contribution in [-0.4, -0.2) is 38.6 Å². The minimum atomic E-state index is -1.10. The van der Waals surface area contributed by atoms with Crippen molar-refractivity contribution in [3.63, 3.8) is 0 Å². The van der Waals surface area contributed by atoms with Crippen LogP contribution in [0.25, 0.3) is 0 Å². The maximum Gasteiger partial charge on any atom is 0.352 e. The van der Waals surface area contributed by atoms with E-state index >= 15 is 0 Å². The monoisotopic (exact) mass is 290 g/mol. The summed E-state index contributed by atoms with van der Waals surface area (Å²) < 4.78 is 6.31. The third-order valence-electron chi connectivity index (χ3n) is 2.65. The zero-order chi connectivity index (χ0) is 15.4. The molecule has 0 fully saturated rings. The Bertz CT molecular complexity index is 681. The van der Waals surface area contributed by atoms with Gasteiger partial charge < -0.3 is 14.4 Å². The van der Waals surface area contributed by atoms with Gasteiger partial charge in [-0.1, -0.05) is 0 Å². The lowest BCUT2D eigenvalue weighted by molar-refractivity contribution is -0.116. The highest BCUT2D eigenvalue weighted by molar-refractivity contribution is 5.90. The summed E-state index contributed by atoms with van der Waals surface area (Å²) in [5.74, 6) is -1.08. The van der Waals surface area contributed by atoms with Crippen LogP contribution in [-0.2, 0) is 11.3 Å². The predicted octanol–water partition coefficient (Wildman–Crippen LogP) is 0.932. The summed E-state index contributed by atoms with van der Waals surface area (Å²) in [5, 5.41) is 11.5. The van der Waals surface area contributed by atoms with Gasteiger partial charge in [0.05, 0.1) is 7.11 Å². The molecule has 1 amide bonds. The highest BCUT2D eigenvalue weighted by Gasteiger charge is 2.13. The second-order valence-corrected chi connectivity index (χ2v) is 4.25. The average molecular weight is 290 g/mol. The van der Waals surface area contributed by atoms with Gasteiger partial charge >= 0.3 is 5.97 Å². The Labute approximate surface area is 120 Å². The van der Waals surface area contributed by atoms with Crippen molar-refractivity contribution in [1.29, 1.82) is 0 Å². The molecule has 8 heteroatoms. The lowest BCUT2D eigenvalue weighted by atomic mass is 10.4. The summed E-state index contributed by atoms with van der Waals surface area (Å²) in [6.07, 6.45) is 1.51. The number of hydrogen-bond donors (Lipinski definition) is 2. The first kappa shape index (κ1) is 14.5. The number of carbonyl (C=O) groups excluding carboxylic acids is 1. The molecule has 0 radical (unpaired) electrons. The summed E-state index contributed by atoms with van der Waals surface area (Å²) >= 11 is 0. The van der Waals surface area contributed by atoms with Gasteiger partial charge in [0, 0.05) is 18.0 Å². The smallest absolute Gasteiger partial charge is 0.352 e. The number of carbonyl (C=O) groups is 2. The number of carboxylic acids is 1. The van der Waals surface area contributed by atoms with Crippen LogP contribution in [0.5, 0.6) is 5.88 Å². The van der Waals surface area contributed by atoms with Gasteiger partial charge in [0.1, 0.15) is 12.2 Å². The number of rotatable bonds is 5. The fourth-order valence-corrected chi connectivity index (χ4v) is 1.77. The molecule has 0 aliphatic rings. The summed E-state index contributed by atoms with van der Waals surface area (Å²) in [6, 6.07) is 4.61. The number of nitrogens with one attached hydrogen (secondary N) is 1. The van der Waals surface area contributed by atoms with Crippen molar-refractivity contribution in [2.45, 2.75) is 13.5 Å². The van der Waals surface area contributed by atoms with Crippen LogP contribution in [0.1, 0.15) is 16.2 Å². The number of amides is 1. The molecule has 0 aliphatic heterocycles. The van der Waals surface area contributed by atoms with Crippen LogP contribution in [0.2, 0.25) is 0 Å². The number of carboxylic acid groups (broad SMARTS) is 1. The van der Waals surface area contributed by atoms with Crippen LogP contribution in [0.15, 0.2) is 24.4 Å². The van der Waals surface area contributed by atoms with Crippen molar-refractivity contribution in [2.75, 3.05) is 12.4 Å². The van der Waals surface area contributed by atoms with Gasteiger partial charge in [-0.05, 0) is 19.1 Å². The molecule has 0 saturated heterocycles. The predicted molar refractivity (Wildman–Crippen MR) is 73.3 cm³/mol. The van der Waals surface area contributed by atoms with Crippen molar-refractivity contribution >= 4 is 17.8 Å². The van der Waals surface area contributed by atoms with Crippen molar-refractivity contribution < 1.29 is 19.4 Å². The van der Waals surface area contributed by atoms with Crippen LogP contribution in [0.4, 0.5) is 5.95 Å². The number of methoxy groups -OCH3 is 1. The second kappa shape index (κ2) is 6.04. The van der Waals surface area contributed by atoms with Crippen LogP contribution in [0.3, 0.4) is 0 Å². The fourth-order valence-electron chi connectivity index (χ4n) is 1.77. The van der Waals surface area contributed by atoms with Gasteiger partial charge in [0.25, 0.3) is 0 Å². The van der Waals surface area contributed by atoms with Crippen molar-refractivity contribution in [3.05, 3.63) is 35.8 Å². The molecule has 2 aromatic rings. The van der Waals surface area contributed by atoms with Gasteiger partial charge in [-0.3, -0.25) is 10.1 Å². The molecule has 0 saturated carbocycles. The molecule has 2 aromatic heterocycles. The fraction of sp³-hybridized carbons (Fsp3) is 0.231. The lowest BCUT2D eigenvalue weighted by Gasteiger charge is -2.08. The molecule has 2 heterocycles. The maximum absolute atomic E-state index is 11.9. The molecule has 2 rings (SSSR count). The largest absolute Gasteiger partial charge is 0.481 e. The van der Waals surface area contributed by atoms with E-state index in [4.69, 9.17) is 9.84 Å². The lowest BCUT2D eigenvalue weighted by Crippen LogP contribution is -2.22. The zero-order valence-corrected chi connectivity index (χ0v) is 11.5. The molecule has 2 N–H and O–H groups in total. The molecular formula is C13H14N4O4. The van der Waals surface area contributed by atoms with Crippen molar-refractivity contribution in [3.8, 4) is 5.88 Å². The number of aromatic nitrogens is 3. The number of ether oxygens (including phenoxy) is 1. The molecule has 0 atom stereocenters. The Kier molecular flexibility index (Phi) is 4.17. The molecule has 0 bridgehead atoms. The van der Waals surface area contributed by atoms with E-state index in [-0.39, 0.29) is 18.2 Å². The van der Waals surface area contributed by atoms with Gasteiger partial charge in [-0.15, -0.1) is 0 Å². The Hall–Kier alpha value is -2.90. The Morgan fingerprint density at radius 2 is 2.19 bits per heavy atom. The van der Waals surface area contributed by atoms with E-state index < -0.39 is 11.9 Å². The average Bonchev–Trinajstić information content (AvgIpc) is 2.85. The van der Waals surface area contributed by atoms with Gasteiger partial charge in [-0.25, -0.2) is 9.78 Å². The minimum Gasteiger partial charge on any atom is -0.481 e. The zero-order valence-electron chi connectivity index (χ0n) is 11.5. The van der Waals surface area contributed by atoms with Crippen molar-refractivity contribution in [2.24, 2.45) is 0 Å². The van der Waals surface area contributed by atoms with E-state index in [9.17, 15) is 9.59 Å². The van der Waals surface area contributed by atoms with Gasteiger partial charge in [0.2, 0.25) is 17.7 Å². The summed E-state index contributed by atoms with van der Waals surface area (Å²) in [6.45, 7) is 1.60. The standard InChI is InChI=1S/C13H14N4O4/c1-8-6-11(21-2)16-13(14-8)15-10(18)7-17-5-3-4-9(17)12(19)20/h3-6H,7H2,1-2H3,(H,19,20)(H,14,15,16,18). The summed E-state index contributed by atoms with van der Waals surface area (Å²) in [7, 11) is 1.46. The molecule has 0 spiro atoms. The second-order valence-electron chi connectivity index (χ2n) is 4.25. The van der Waals surface area contributed by atoms with E-state index in [1.807, 2.05) is 0 Å². The van der Waals surface area contributed by atoms with E-state index in [1.54, 1.807) is 19.1 Å². The molecule has 8 nitrogen and oxygen atoms in total. The number of aryl methyl sites for hydroxylation is 1. The minimum absolute atomic E-state index is 0.0351. The van der Waals surface area contributed by atoms with Gasteiger partial charge in [-0.2, -0.15) is 4.98 Å². The van der Waals surface area contributed by atoms with Crippen LogP contribution in [0, 0.1) is 6.92 Å². The first-order valence-corrected chi connectivity index (χ1v) is 6.07. The quantitative estimate of drug-likeness (QED) is 0.848. The number of aromatic carboxylic acids is 1. The van der Waals surface area contributed by atoms with E-state index in [1.165, 1.54) is 23.9 Å². The topological polar surface area (TPSA) is 106 Å². The molecule has 0 unspecified atom stereocenters. The molecule has 0 aromatic carbocycles. The van der Waals surface area contributed by atoms with E-state index in [2.05, 4.69) is 15.3 Å². The molecule has 110 valence electrons. The van der Waals surface area contributed by atoms with Crippen molar-refractivity contribution in [1.82, 2.24) is 14.5 Å². The van der Waals surface area contributed by atoms with E-state index in [0.29, 0.717) is 11.6 Å². The Morgan fingerprint density at radius 1 is 1.43 bits per heavy atom. The number of nitrogens with zero attached hydrogens (tertiary/aromatic N) is 3. The van der Waals surface area contributed by atoms with Crippen LogP contribution < -0.4 is 10.1 Å². The molecule has 21 heavy (non-hydrogen) atoms. The third-order valence-corrected chi connectivity index (χ3v) is 2.65. The Morgan fingerprint density at radius 3 is 2.86 bits per heavy atom. The summed E-state index contributed by atoms with van der Waals surface area (Å²) in [5.41, 5.74) is 0.678. The Balaban J connectivity index is 2.10. The first-order valence-electron chi connectivity index (χ1n) is 6.07. The third kappa shape index (κ3) is 3.56. The molecule has 0 aliphatic carbocycles. The SMILES string of the molecule is COc1cc(C)nc(NC(=O)Cn2cccc2C(=O)O)n1. The van der Waals surface area contributed by atoms with Gasteiger partial charge in [0.15, 0.2) is 0 Å². The van der Waals surface area contributed by atoms with E-state index in [0.717, 1.165) is 0 Å². The normalized spacial score (nSPS) is 10.2. The summed E-state index contributed by atoms with van der Waals surface area (Å²) in [4.78, 5) is 30.9.